The third kappa shape index (κ3) is 5.97. The Kier molecular flexibility index (Phi) is 8.00. The first-order valence-electron chi connectivity index (χ1n) is 7.32. The van der Waals surface area contributed by atoms with Crippen molar-refractivity contribution >= 4 is 43.6 Å². The van der Waals surface area contributed by atoms with Gasteiger partial charge in [-0.2, -0.15) is 0 Å². The predicted molar refractivity (Wildman–Crippen MR) is 85.0 cm³/mol. The molecule has 1 rings (SSSR count). The molecule has 0 amide bonds. The summed E-state index contributed by atoms with van der Waals surface area (Å²) < 4.78 is 25.4. The predicted octanol–water partition coefficient (Wildman–Crippen LogP) is -1.72. The van der Waals surface area contributed by atoms with Gasteiger partial charge in [-0.3, -0.25) is 0 Å². The van der Waals surface area contributed by atoms with Crippen LogP contribution in [0.2, 0.25) is 0 Å². The summed E-state index contributed by atoms with van der Waals surface area (Å²) in [7, 11) is 1.10. The summed E-state index contributed by atoms with van der Waals surface area (Å²) in [4.78, 5) is 46.6. The van der Waals surface area contributed by atoms with Crippen LogP contribution in [-0.4, -0.2) is 80.1 Å². The molecular weight excluding hydrogens is 419 g/mol. The number of methoxy groups -OCH3 is 1. The van der Waals surface area contributed by atoms with Crippen molar-refractivity contribution in [2.75, 3.05) is 7.11 Å². The van der Waals surface area contributed by atoms with E-state index in [1.165, 1.54) is 0 Å². The van der Waals surface area contributed by atoms with Gasteiger partial charge in [0.2, 0.25) is 0 Å². The molecule has 0 aromatic heterocycles. The SMILES string of the molecule is COC(=O)C1OC([Se]C(=N)N)C(OC(C)=O)C(OC(C)=O)C1OC(C)=O. The van der Waals surface area contributed by atoms with E-state index >= 15 is 0 Å². The summed E-state index contributed by atoms with van der Waals surface area (Å²) in [5.74, 6) is -3.15. The zero-order valence-corrected chi connectivity index (χ0v) is 16.3. The summed E-state index contributed by atoms with van der Waals surface area (Å²) in [6.07, 6.45) is -5.44. The fourth-order valence-electron chi connectivity index (χ4n) is 2.30. The van der Waals surface area contributed by atoms with Crippen LogP contribution >= 0.6 is 0 Å². The monoisotopic (exact) mass is 440 g/mol. The topological polar surface area (TPSA) is 164 Å². The van der Waals surface area contributed by atoms with Gasteiger partial charge in [-0.25, -0.2) is 0 Å². The Morgan fingerprint density at radius 2 is 1.38 bits per heavy atom. The zero-order chi connectivity index (χ0) is 20.0. The molecule has 0 saturated carbocycles. The standard InChI is InChI=1S/C14H20N2O9Se/c1-5(17)22-8-9(23-6(2)18)11(24-7(3)19)13(26-14(15)16)25-10(8)12(20)21-4/h8-11,13H,1-4H3,(H3,15,16). The van der Waals surface area contributed by atoms with Gasteiger partial charge in [0, 0.05) is 0 Å². The molecule has 1 saturated heterocycles. The second-order valence-corrected chi connectivity index (χ2v) is 7.54. The molecule has 1 heterocycles. The minimum absolute atomic E-state index is 0.254. The summed E-state index contributed by atoms with van der Waals surface area (Å²) in [6.45, 7) is 3.31. The maximum atomic E-state index is 12.1. The number of esters is 4. The summed E-state index contributed by atoms with van der Waals surface area (Å²) in [5.41, 5.74) is 5.41. The molecule has 0 spiro atoms. The second-order valence-electron chi connectivity index (χ2n) is 5.15. The van der Waals surface area contributed by atoms with Crippen LogP contribution in [0.3, 0.4) is 0 Å². The van der Waals surface area contributed by atoms with Crippen molar-refractivity contribution in [2.24, 2.45) is 5.73 Å². The number of hydrogen-bond donors (Lipinski definition) is 2. The van der Waals surface area contributed by atoms with Crippen molar-refractivity contribution < 1.29 is 42.9 Å². The van der Waals surface area contributed by atoms with Gasteiger partial charge in [0.1, 0.15) is 0 Å². The number of rotatable bonds is 6. The van der Waals surface area contributed by atoms with E-state index in [-0.39, 0.29) is 4.73 Å². The van der Waals surface area contributed by atoms with E-state index in [4.69, 9.17) is 30.1 Å². The van der Waals surface area contributed by atoms with Gasteiger partial charge >= 0.3 is 155 Å². The summed E-state index contributed by atoms with van der Waals surface area (Å²) in [6, 6.07) is 0. The molecule has 1 fully saturated rings. The van der Waals surface area contributed by atoms with Crippen molar-refractivity contribution in [3.8, 4) is 0 Å². The molecule has 0 bridgehead atoms. The number of hydrogen-bond acceptors (Lipinski definition) is 10. The summed E-state index contributed by atoms with van der Waals surface area (Å²) >= 11 is -0.869. The Labute approximate surface area is 155 Å². The Morgan fingerprint density at radius 3 is 1.81 bits per heavy atom. The molecule has 3 N–H and O–H groups in total. The molecule has 0 aliphatic carbocycles. The van der Waals surface area contributed by atoms with Gasteiger partial charge in [0.05, 0.1) is 0 Å². The second kappa shape index (κ2) is 9.51. The fourth-order valence-corrected chi connectivity index (χ4v) is 3.92. The van der Waals surface area contributed by atoms with Gasteiger partial charge in [-0.1, -0.05) is 0 Å². The molecule has 1 aliphatic heterocycles. The first-order chi connectivity index (χ1) is 12.1. The number of amidine groups is 1. The van der Waals surface area contributed by atoms with Crippen LogP contribution in [0.15, 0.2) is 0 Å². The average molecular weight is 439 g/mol. The Hall–Kier alpha value is -2.17. The first kappa shape index (κ1) is 21.9. The van der Waals surface area contributed by atoms with Crippen molar-refractivity contribution in [1.29, 1.82) is 5.41 Å². The Bertz CT molecular complexity index is 597. The van der Waals surface area contributed by atoms with Crippen molar-refractivity contribution in [2.45, 2.75) is 50.2 Å². The van der Waals surface area contributed by atoms with Crippen LogP contribution in [0.1, 0.15) is 20.8 Å². The van der Waals surface area contributed by atoms with Gasteiger partial charge in [-0.05, 0) is 0 Å². The normalized spacial score (nSPS) is 27.8. The van der Waals surface area contributed by atoms with E-state index in [1.807, 2.05) is 0 Å². The van der Waals surface area contributed by atoms with Crippen LogP contribution < -0.4 is 5.73 Å². The molecule has 12 heteroatoms. The molecule has 146 valence electrons. The number of carbonyl (C=O) groups excluding carboxylic acids is 4. The van der Waals surface area contributed by atoms with Gasteiger partial charge < -0.3 is 0 Å². The number of carbonyl (C=O) groups is 4. The van der Waals surface area contributed by atoms with Gasteiger partial charge in [0.15, 0.2) is 0 Å². The molecule has 5 atom stereocenters. The van der Waals surface area contributed by atoms with Crippen LogP contribution in [0.5, 0.6) is 0 Å². The molecule has 11 nitrogen and oxygen atoms in total. The molecule has 26 heavy (non-hydrogen) atoms. The average Bonchev–Trinajstić information content (AvgIpc) is 2.50. The number of nitrogens with two attached hydrogens (primary N) is 1. The maximum absolute atomic E-state index is 12.1. The van der Waals surface area contributed by atoms with Crippen molar-refractivity contribution in [1.82, 2.24) is 0 Å². The van der Waals surface area contributed by atoms with E-state index in [9.17, 15) is 19.2 Å². The van der Waals surface area contributed by atoms with Gasteiger partial charge in [-0.15, -0.1) is 0 Å². The van der Waals surface area contributed by atoms with E-state index in [0.717, 1.165) is 27.9 Å². The number of ether oxygens (including phenoxy) is 5. The van der Waals surface area contributed by atoms with Crippen molar-refractivity contribution in [3.05, 3.63) is 0 Å². The third-order valence-corrected chi connectivity index (χ3v) is 4.89. The van der Waals surface area contributed by atoms with Crippen LogP contribution in [0.25, 0.3) is 0 Å². The quantitative estimate of drug-likeness (QED) is 0.160. The van der Waals surface area contributed by atoms with Crippen LogP contribution in [0.4, 0.5) is 0 Å². The molecule has 0 aromatic rings. The molecular formula is C14H20N2O9Se. The Morgan fingerprint density at radius 1 is 0.923 bits per heavy atom. The molecule has 0 aromatic carbocycles. The summed E-state index contributed by atoms with van der Waals surface area (Å²) in [5, 5.41) is 6.43. The molecule has 1 aliphatic rings. The fraction of sp³-hybridized carbons (Fsp3) is 0.643. The third-order valence-electron chi connectivity index (χ3n) is 3.08. The molecule has 5 unspecified atom stereocenters. The van der Waals surface area contributed by atoms with Crippen molar-refractivity contribution in [3.63, 3.8) is 0 Å². The van der Waals surface area contributed by atoms with Crippen LogP contribution in [0, 0.1) is 5.41 Å². The van der Waals surface area contributed by atoms with Crippen LogP contribution in [-0.2, 0) is 42.9 Å². The first-order valence-corrected chi connectivity index (χ1v) is 9.17. The molecule has 0 radical (unpaired) electrons. The zero-order valence-electron chi connectivity index (χ0n) is 14.5. The minimum atomic E-state index is -1.45. The van der Waals surface area contributed by atoms with Gasteiger partial charge in [0.25, 0.3) is 0 Å². The Balaban J connectivity index is 3.37. The van der Waals surface area contributed by atoms with E-state index < -0.39 is 68.3 Å². The van der Waals surface area contributed by atoms with E-state index in [0.29, 0.717) is 0 Å². The van der Waals surface area contributed by atoms with E-state index in [1.54, 1.807) is 0 Å². The van der Waals surface area contributed by atoms with E-state index in [2.05, 4.69) is 4.74 Å². The number of nitrogens with one attached hydrogen (secondary N) is 1.